The molecule has 1 rings (SSSR count). The Morgan fingerprint density at radius 3 is 2.64 bits per heavy atom. The predicted octanol–water partition coefficient (Wildman–Crippen LogP) is 3.90. The predicted molar refractivity (Wildman–Crippen MR) is 91.1 cm³/mol. The third-order valence-corrected chi connectivity index (χ3v) is 3.37. The number of rotatable bonds is 6. The van der Waals surface area contributed by atoms with Crippen LogP contribution in [0.2, 0.25) is 0 Å². The van der Waals surface area contributed by atoms with Crippen molar-refractivity contribution >= 4 is 6.09 Å². The first-order chi connectivity index (χ1) is 10.2. The molecule has 0 aliphatic heterocycles. The molecule has 1 aromatic rings. The van der Waals surface area contributed by atoms with Gasteiger partial charge in [0.1, 0.15) is 5.60 Å². The highest BCUT2D eigenvalue weighted by Gasteiger charge is 2.19. The largest absolute Gasteiger partial charge is 0.444 e. The number of ether oxygens (including phenoxy) is 1. The van der Waals surface area contributed by atoms with Gasteiger partial charge in [0.15, 0.2) is 0 Å². The van der Waals surface area contributed by atoms with E-state index in [9.17, 15) is 4.79 Å². The highest BCUT2D eigenvalue weighted by Crippen LogP contribution is 2.13. The van der Waals surface area contributed by atoms with E-state index in [-0.39, 0.29) is 6.09 Å². The average Bonchev–Trinajstić information content (AvgIpc) is 2.41. The van der Waals surface area contributed by atoms with Crippen LogP contribution in [0.5, 0.6) is 0 Å². The van der Waals surface area contributed by atoms with Gasteiger partial charge in [-0.05, 0) is 53.1 Å². The number of hydrogen-bond donors (Lipinski definition) is 1. The molecule has 1 unspecified atom stereocenters. The second kappa shape index (κ2) is 8.18. The summed E-state index contributed by atoms with van der Waals surface area (Å²) >= 11 is 0. The van der Waals surface area contributed by atoms with Crippen molar-refractivity contribution in [3.8, 4) is 0 Å². The molecule has 0 heterocycles. The zero-order valence-corrected chi connectivity index (χ0v) is 14.8. The van der Waals surface area contributed by atoms with Crippen molar-refractivity contribution in [3.05, 3.63) is 35.4 Å². The van der Waals surface area contributed by atoms with Gasteiger partial charge in [-0.3, -0.25) is 0 Å². The Morgan fingerprint density at radius 2 is 2.05 bits per heavy atom. The van der Waals surface area contributed by atoms with Crippen LogP contribution in [0, 0.1) is 6.92 Å². The number of carbonyl (C=O) groups excluding carboxylic acids is 1. The van der Waals surface area contributed by atoms with Gasteiger partial charge in [-0.25, -0.2) is 4.79 Å². The molecule has 1 aromatic carbocycles. The number of amides is 1. The molecule has 0 saturated carbocycles. The summed E-state index contributed by atoms with van der Waals surface area (Å²) in [5.41, 5.74) is 2.12. The van der Waals surface area contributed by atoms with Crippen molar-refractivity contribution in [2.45, 2.75) is 52.7 Å². The molecule has 1 N–H and O–H groups in total. The van der Waals surface area contributed by atoms with E-state index in [0.717, 1.165) is 13.0 Å². The maximum absolute atomic E-state index is 11.8. The molecular formula is C18H30N2O2. The van der Waals surface area contributed by atoms with Crippen LogP contribution >= 0.6 is 0 Å². The topological polar surface area (TPSA) is 41.6 Å². The maximum Gasteiger partial charge on any atom is 0.410 e. The van der Waals surface area contributed by atoms with E-state index in [2.05, 4.69) is 43.4 Å². The Labute approximate surface area is 134 Å². The van der Waals surface area contributed by atoms with Gasteiger partial charge in [-0.2, -0.15) is 0 Å². The third kappa shape index (κ3) is 6.94. The molecule has 1 atom stereocenters. The molecular weight excluding hydrogens is 276 g/mol. The summed E-state index contributed by atoms with van der Waals surface area (Å²) in [6.45, 7) is 11.4. The number of nitrogens with one attached hydrogen (secondary N) is 1. The van der Waals surface area contributed by atoms with E-state index >= 15 is 0 Å². The smallest absolute Gasteiger partial charge is 0.410 e. The van der Waals surface area contributed by atoms with Gasteiger partial charge in [-0.1, -0.05) is 29.8 Å². The number of carbonyl (C=O) groups is 1. The van der Waals surface area contributed by atoms with Crippen LogP contribution in [0.3, 0.4) is 0 Å². The number of aryl methyl sites for hydroxylation is 1. The Kier molecular flexibility index (Phi) is 6.88. The summed E-state index contributed by atoms with van der Waals surface area (Å²) in [7, 11) is 1.78. The van der Waals surface area contributed by atoms with Gasteiger partial charge in [0, 0.05) is 19.6 Å². The van der Waals surface area contributed by atoms with Gasteiger partial charge in [-0.15, -0.1) is 0 Å². The van der Waals surface area contributed by atoms with Crippen LogP contribution in [-0.2, 0) is 4.74 Å². The standard InChI is InChI=1S/C18H30N2O2/c1-14-9-7-10-16(13-14)15(2)19-11-8-12-20(6)17(21)22-18(3,4)5/h7,9-10,13,15,19H,8,11-12H2,1-6H3. The van der Waals surface area contributed by atoms with Gasteiger partial charge >= 0.3 is 6.09 Å². The van der Waals surface area contributed by atoms with Crippen molar-refractivity contribution < 1.29 is 9.53 Å². The van der Waals surface area contributed by atoms with E-state index in [0.29, 0.717) is 12.6 Å². The lowest BCUT2D eigenvalue weighted by Crippen LogP contribution is -2.35. The molecule has 124 valence electrons. The number of nitrogens with zero attached hydrogens (tertiary/aromatic N) is 1. The van der Waals surface area contributed by atoms with E-state index in [1.807, 2.05) is 20.8 Å². The minimum absolute atomic E-state index is 0.265. The van der Waals surface area contributed by atoms with Crippen molar-refractivity contribution in [2.24, 2.45) is 0 Å². The lowest BCUT2D eigenvalue weighted by Gasteiger charge is -2.24. The molecule has 4 heteroatoms. The quantitative estimate of drug-likeness (QED) is 0.810. The minimum atomic E-state index is -0.441. The first kappa shape index (κ1) is 18.5. The minimum Gasteiger partial charge on any atom is -0.444 e. The summed E-state index contributed by atoms with van der Waals surface area (Å²) < 4.78 is 5.33. The highest BCUT2D eigenvalue weighted by molar-refractivity contribution is 5.67. The molecule has 0 saturated heterocycles. The molecule has 22 heavy (non-hydrogen) atoms. The molecule has 0 radical (unpaired) electrons. The van der Waals surface area contributed by atoms with E-state index in [1.54, 1.807) is 11.9 Å². The van der Waals surface area contributed by atoms with Crippen LogP contribution < -0.4 is 5.32 Å². The average molecular weight is 306 g/mol. The Balaban J connectivity index is 2.28. The number of hydrogen-bond acceptors (Lipinski definition) is 3. The maximum atomic E-state index is 11.8. The van der Waals surface area contributed by atoms with Crippen LogP contribution in [0.15, 0.2) is 24.3 Å². The second-order valence-electron chi connectivity index (χ2n) is 6.85. The molecule has 0 bridgehead atoms. The lowest BCUT2D eigenvalue weighted by atomic mass is 10.1. The SMILES string of the molecule is Cc1cccc(C(C)NCCCN(C)C(=O)OC(C)(C)C)c1. The van der Waals surface area contributed by atoms with Crippen LogP contribution in [0.4, 0.5) is 4.79 Å². The van der Waals surface area contributed by atoms with Gasteiger partial charge in [0.05, 0.1) is 0 Å². The second-order valence-corrected chi connectivity index (χ2v) is 6.85. The summed E-state index contributed by atoms with van der Waals surface area (Å²) in [6.07, 6.45) is 0.630. The zero-order chi connectivity index (χ0) is 16.8. The first-order valence-corrected chi connectivity index (χ1v) is 7.93. The fraction of sp³-hybridized carbons (Fsp3) is 0.611. The summed E-state index contributed by atoms with van der Waals surface area (Å²) in [4.78, 5) is 13.5. The zero-order valence-electron chi connectivity index (χ0n) is 14.8. The molecule has 4 nitrogen and oxygen atoms in total. The molecule has 0 aliphatic carbocycles. The monoisotopic (exact) mass is 306 g/mol. The van der Waals surface area contributed by atoms with E-state index < -0.39 is 5.60 Å². The van der Waals surface area contributed by atoms with Gasteiger partial charge < -0.3 is 15.0 Å². The Hall–Kier alpha value is -1.55. The third-order valence-electron chi connectivity index (χ3n) is 3.37. The fourth-order valence-electron chi connectivity index (χ4n) is 2.12. The number of benzene rings is 1. The van der Waals surface area contributed by atoms with Crippen LogP contribution in [-0.4, -0.2) is 36.7 Å². The highest BCUT2D eigenvalue weighted by atomic mass is 16.6. The van der Waals surface area contributed by atoms with Crippen molar-refractivity contribution in [1.29, 1.82) is 0 Å². The Bertz CT molecular complexity index is 480. The van der Waals surface area contributed by atoms with Crippen molar-refractivity contribution in [3.63, 3.8) is 0 Å². The summed E-state index contributed by atoms with van der Waals surface area (Å²) in [5, 5.41) is 3.49. The van der Waals surface area contributed by atoms with Crippen molar-refractivity contribution in [2.75, 3.05) is 20.1 Å². The lowest BCUT2D eigenvalue weighted by molar-refractivity contribution is 0.0297. The summed E-state index contributed by atoms with van der Waals surface area (Å²) in [6, 6.07) is 8.83. The van der Waals surface area contributed by atoms with E-state index in [1.165, 1.54) is 11.1 Å². The van der Waals surface area contributed by atoms with Crippen LogP contribution in [0.1, 0.15) is 51.3 Å². The van der Waals surface area contributed by atoms with Crippen molar-refractivity contribution in [1.82, 2.24) is 10.2 Å². The van der Waals surface area contributed by atoms with Gasteiger partial charge in [0.2, 0.25) is 0 Å². The normalized spacial score (nSPS) is 12.8. The molecule has 0 fully saturated rings. The summed E-state index contributed by atoms with van der Waals surface area (Å²) in [5.74, 6) is 0. The molecule has 0 aromatic heterocycles. The van der Waals surface area contributed by atoms with E-state index in [4.69, 9.17) is 4.74 Å². The van der Waals surface area contributed by atoms with Crippen LogP contribution in [0.25, 0.3) is 0 Å². The fourth-order valence-corrected chi connectivity index (χ4v) is 2.12. The Morgan fingerprint density at radius 1 is 1.36 bits per heavy atom. The first-order valence-electron chi connectivity index (χ1n) is 7.93. The molecule has 1 amide bonds. The molecule has 0 spiro atoms. The van der Waals surface area contributed by atoms with Gasteiger partial charge in [0.25, 0.3) is 0 Å². The molecule has 0 aliphatic rings.